The van der Waals surface area contributed by atoms with Gasteiger partial charge in [0, 0.05) is 37.7 Å². The number of sulfonamides is 1. The van der Waals surface area contributed by atoms with E-state index in [2.05, 4.69) is 15.3 Å². The Bertz CT molecular complexity index is 981. The second kappa shape index (κ2) is 7.23. The van der Waals surface area contributed by atoms with E-state index < -0.39 is 10.0 Å². The number of nitrogens with one attached hydrogen (secondary N) is 1. The number of hydrogen-bond donors (Lipinski definition) is 1. The van der Waals surface area contributed by atoms with Crippen molar-refractivity contribution in [2.45, 2.75) is 11.8 Å². The van der Waals surface area contributed by atoms with Gasteiger partial charge in [0.05, 0.1) is 4.90 Å². The summed E-state index contributed by atoms with van der Waals surface area (Å²) >= 11 is 0. The molecule has 6 nitrogen and oxygen atoms in total. The smallest absolute Gasteiger partial charge is 0.242 e. The molecule has 26 heavy (non-hydrogen) atoms. The molecular formula is C19H20N4O2S. The maximum absolute atomic E-state index is 12.1. The number of anilines is 2. The SMILES string of the molecule is Cc1ccc(Nc2ncc(-c3ccc(S(=O)(=O)N(C)C)cc3)cn2)cc1. The molecule has 134 valence electrons. The Morgan fingerprint density at radius 1 is 0.846 bits per heavy atom. The first-order chi connectivity index (χ1) is 12.4. The molecule has 0 spiro atoms. The van der Waals surface area contributed by atoms with E-state index in [0.29, 0.717) is 5.95 Å². The number of hydrogen-bond acceptors (Lipinski definition) is 5. The largest absolute Gasteiger partial charge is 0.324 e. The van der Waals surface area contributed by atoms with Crippen LogP contribution in [-0.4, -0.2) is 36.8 Å². The van der Waals surface area contributed by atoms with Crippen molar-refractivity contribution in [2.24, 2.45) is 0 Å². The molecule has 0 aliphatic heterocycles. The van der Waals surface area contributed by atoms with E-state index in [9.17, 15) is 8.42 Å². The van der Waals surface area contributed by atoms with Gasteiger partial charge in [-0.15, -0.1) is 0 Å². The van der Waals surface area contributed by atoms with Crippen LogP contribution in [0.1, 0.15) is 5.56 Å². The molecule has 0 aliphatic carbocycles. The number of benzene rings is 2. The van der Waals surface area contributed by atoms with E-state index in [1.54, 1.807) is 36.7 Å². The van der Waals surface area contributed by atoms with Crippen LogP contribution in [0, 0.1) is 6.92 Å². The Balaban J connectivity index is 1.77. The molecule has 0 fully saturated rings. The molecule has 0 radical (unpaired) electrons. The first-order valence-corrected chi connectivity index (χ1v) is 9.49. The average Bonchev–Trinajstić information content (AvgIpc) is 2.64. The highest BCUT2D eigenvalue weighted by atomic mass is 32.2. The van der Waals surface area contributed by atoms with Gasteiger partial charge in [0.1, 0.15) is 0 Å². The van der Waals surface area contributed by atoms with Gasteiger partial charge < -0.3 is 5.32 Å². The fraction of sp³-hybridized carbons (Fsp3) is 0.158. The van der Waals surface area contributed by atoms with Crippen molar-refractivity contribution in [3.63, 3.8) is 0 Å². The highest BCUT2D eigenvalue weighted by Crippen LogP contribution is 2.22. The summed E-state index contributed by atoms with van der Waals surface area (Å²) in [5.41, 5.74) is 3.77. The average molecular weight is 368 g/mol. The molecule has 3 rings (SSSR count). The lowest BCUT2D eigenvalue weighted by molar-refractivity contribution is 0.521. The fourth-order valence-corrected chi connectivity index (χ4v) is 3.24. The number of aryl methyl sites for hydroxylation is 1. The van der Waals surface area contributed by atoms with Crippen LogP contribution in [0.5, 0.6) is 0 Å². The Morgan fingerprint density at radius 2 is 1.42 bits per heavy atom. The monoisotopic (exact) mass is 368 g/mol. The summed E-state index contributed by atoms with van der Waals surface area (Å²) in [4.78, 5) is 8.90. The third-order valence-corrected chi connectivity index (χ3v) is 5.76. The lowest BCUT2D eigenvalue weighted by Gasteiger charge is -2.11. The molecule has 7 heteroatoms. The topological polar surface area (TPSA) is 75.2 Å². The molecule has 1 N–H and O–H groups in total. The molecule has 0 bridgehead atoms. The summed E-state index contributed by atoms with van der Waals surface area (Å²) in [6.07, 6.45) is 3.41. The minimum absolute atomic E-state index is 0.254. The molecule has 3 aromatic rings. The number of rotatable bonds is 5. The van der Waals surface area contributed by atoms with Crippen LogP contribution in [0.3, 0.4) is 0 Å². The second-order valence-electron chi connectivity index (χ2n) is 6.10. The summed E-state index contributed by atoms with van der Waals surface area (Å²) in [5.74, 6) is 0.504. The molecule has 0 amide bonds. The zero-order chi connectivity index (χ0) is 18.7. The molecule has 0 saturated carbocycles. The quantitative estimate of drug-likeness (QED) is 0.747. The van der Waals surface area contributed by atoms with Crippen molar-refractivity contribution in [2.75, 3.05) is 19.4 Å². The normalized spacial score (nSPS) is 11.5. The van der Waals surface area contributed by atoms with Crippen LogP contribution < -0.4 is 5.32 Å². The van der Waals surface area contributed by atoms with Crippen LogP contribution in [0.2, 0.25) is 0 Å². The van der Waals surface area contributed by atoms with Crippen LogP contribution in [0.4, 0.5) is 11.6 Å². The Morgan fingerprint density at radius 3 is 1.96 bits per heavy atom. The zero-order valence-corrected chi connectivity index (χ0v) is 15.7. The molecular weight excluding hydrogens is 348 g/mol. The van der Waals surface area contributed by atoms with E-state index in [1.165, 1.54) is 24.0 Å². The molecule has 0 atom stereocenters. The molecule has 1 aromatic heterocycles. The second-order valence-corrected chi connectivity index (χ2v) is 8.25. The van der Waals surface area contributed by atoms with Gasteiger partial charge in [0.25, 0.3) is 0 Å². The first-order valence-electron chi connectivity index (χ1n) is 8.05. The third-order valence-electron chi connectivity index (χ3n) is 3.93. The highest BCUT2D eigenvalue weighted by Gasteiger charge is 2.16. The summed E-state index contributed by atoms with van der Waals surface area (Å²) in [6, 6.07) is 14.6. The molecule has 0 saturated heterocycles. The van der Waals surface area contributed by atoms with Gasteiger partial charge in [0.15, 0.2) is 0 Å². The van der Waals surface area contributed by atoms with Gasteiger partial charge in [-0.1, -0.05) is 29.8 Å². The fourth-order valence-electron chi connectivity index (χ4n) is 2.34. The van der Waals surface area contributed by atoms with Crippen LogP contribution in [-0.2, 0) is 10.0 Å². The zero-order valence-electron chi connectivity index (χ0n) is 14.8. The summed E-state index contributed by atoms with van der Waals surface area (Å²) < 4.78 is 25.4. The third kappa shape index (κ3) is 3.89. The van der Waals surface area contributed by atoms with Crippen LogP contribution >= 0.6 is 0 Å². The Hall–Kier alpha value is -2.77. The number of aromatic nitrogens is 2. The van der Waals surface area contributed by atoms with Gasteiger partial charge in [-0.2, -0.15) is 0 Å². The lowest BCUT2D eigenvalue weighted by atomic mass is 10.1. The van der Waals surface area contributed by atoms with E-state index in [1.807, 2.05) is 31.2 Å². The van der Waals surface area contributed by atoms with Crippen molar-refractivity contribution in [1.82, 2.24) is 14.3 Å². The summed E-state index contributed by atoms with van der Waals surface area (Å²) in [6.45, 7) is 2.03. The predicted octanol–water partition coefficient (Wildman–Crippen LogP) is 3.45. The van der Waals surface area contributed by atoms with E-state index in [4.69, 9.17) is 0 Å². The van der Waals surface area contributed by atoms with Gasteiger partial charge in [-0.25, -0.2) is 22.7 Å². The van der Waals surface area contributed by atoms with Gasteiger partial charge in [-0.3, -0.25) is 0 Å². The Kier molecular flexibility index (Phi) is 5.01. The van der Waals surface area contributed by atoms with Crippen LogP contribution in [0.15, 0.2) is 65.8 Å². The van der Waals surface area contributed by atoms with Crippen molar-refractivity contribution in [3.8, 4) is 11.1 Å². The molecule has 0 unspecified atom stereocenters. The van der Waals surface area contributed by atoms with Crippen molar-refractivity contribution in [1.29, 1.82) is 0 Å². The standard InChI is InChI=1S/C19H20N4O2S/c1-14-4-8-17(9-5-14)22-19-20-12-16(13-21-19)15-6-10-18(11-7-15)26(24,25)23(2)3/h4-13H,1-3H3,(H,20,21,22). The van der Waals surface area contributed by atoms with Crippen LogP contribution in [0.25, 0.3) is 11.1 Å². The number of nitrogens with zero attached hydrogens (tertiary/aromatic N) is 3. The minimum Gasteiger partial charge on any atom is -0.324 e. The minimum atomic E-state index is -3.43. The lowest BCUT2D eigenvalue weighted by Crippen LogP contribution is -2.22. The van der Waals surface area contributed by atoms with Crippen molar-refractivity contribution in [3.05, 3.63) is 66.5 Å². The summed E-state index contributed by atoms with van der Waals surface area (Å²) in [7, 11) is -0.407. The molecule has 0 aliphatic rings. The maximum atomic E-state index is 12.1. The van der Waals surface area contributed by atoms with Crippen molar-refractivity contribution < 1.29 is 8.42 Å². The highest BCUT2D eigenvalue weighted by molar-refractivity contribution is 7.89. The maximum Gasteiger partial charge on any atom is 0.242 e. The van der Waals surface area contributed by atoms with Gasteiger partial charge in [-0.05, 0) is 36.8 Å². The van der Waals surface area contributed by atoms with E-state index in [-0.39, 0.29) is 4.90 Å². The van der Waals surface area contributed by atoms with Crippen molar-refractivity contribution >= 4 is 21.7 Å². The van der Waals surface area contributed by atoms with Gasteiger partial charge in [0.2, 0.25) is 16.0 Å². The first kappa shape index (κ1) is 18.0. The van der Waals surface area contributed by atoms with E-state index in [0.717, 1.165) is 16.8 Å². The molecule has 2 aromatic carbocycles. The predicted molar refractivity (Wildman–Crippen MR) is 103 cm³/mol. The van der Waals surface area contributed by atoms with Gasteiger partial charge >= 0.3 is 0 Å². The molecule has 1 heterocycles. The van der Waals surface area contributed by atoms with E-state index >= 15 is 0 Å². The summed E-state index contributed by atoms with van der Waals surface area (Å²) in [5, 5.41) is 3.14. The Labute approximate surface area is 153 Å².